The summed E-state index contributed by atoms with van der Waals surface area (Å²) in [5.74, 6) is 0. The Morgan fingerprint density at radius 3 is 2.27 bits per heavy atom. The highest BCUT2D eigenvalue weighted by atomic mass is 35.5. The predicted octanol–water partition coefficient (Wildman–Crippen LogP) is 4.17. The van der Waals surface area contributed by atoms with E-state index >= 15 is 0 Å². The lowest BCUT2D eigenvalue weighted by molar-refractivity contribution is 0.905. The summed E-state index contributed by atoms with van der Waals surface area (Å²) >= 11 is 12.3. The number of H-pyrrole nitrogens is 2. The lowest BCUT2D eigenvalue weighted by Crippen LogP contribution is -2.25. The minimum atomic E-state index is -0.0473. The van der Waals surface area contributed by atoms with Gasteiger partial charge in [-0.05, 0) is 30.3 Å². The molecule has 0 aliphatic heterocycles. The summed E-state index contributed by atoms with van der Waals surface area (Å²) in [6.07, 6.45) is 0.745. The molecule has 0 bridgehead atoms. The third-order valence-corrected chi connectivity index (χ3v) is 5.58. The van der Waals surface area contributed by atoms with E-state index in [9.17, 15) is 9.59 Å². The summed E-state index contributed by atoms with van der Waals surface area (Å²) in [6.45, 7) is 0. The molecule has 6 heteroatoms. The molecular formula is C20H12Cl2N2O2. The van der Waals surface area contributed by atoms with Crippen molar-refractivity contribution < 1.29 is 0 Å². The van der Waals surface area contributed by atoms with Gasteiger partial charge in [0.15, 0.2) is 10.9 Å². The fraction of sp³-hybridized carbons (Fsp3) is 0.100. The van der Waals surface area contributed by atoms with Gasteiger partial charge >= 0.3 is 0 Å². The van der Waals surface area contributed by atoms with Gasteiger partial charge in [0.1, 0.15) is 0 Å². The fourth-order valence-corrected chi connectivity index (χ4v) is 4.14. The first-order valence-electron chi connectivity index (χ1n) is 8.18. The number of hydrogen-bond acceptors (Lipinski definition) is 2. The molecule has 1 aliphatic rings. The number of aromatic amines is 2. The quantitative estimate of drug-likeness (QED) is 0.422. The molecule has 128 valence electrons. The van der Waals surface area contributed by atoms with Crippen molar-refractivity contribution in [3.63, 3.8) is 0 Å². The molecule has 2 heterocycles. The first kappa shape index (κ1) is 15.7. The molecule has 0 radical (unpaired) electrons. The Hall–Kier alpha value is -2.56. The molecule has 2 aromatic heterocycles. The first-order valence-corrected chi connectivity index (χ1v) is 8.94. The lowest BCUT2D eigenvalue weighted by Gasteiger charge is -2.20. The van der Waals surface area contributed by atoms with Crippen LogP contribution < -0.4 is 10.9 Å². The van der Waals surface area contributed by atoms with Crippen molar-refractivity contribution in [2.75, 3.05) is 0 Å². The molecule has 0 saturated heterocycles. The van der Waals surface area contributed by atoms with E-state index in [4.69, 9.17) is 23.2 Å². The highest BCUT2D eigenvalue weighted by molar-refractivity contribution is 6.35. The van der Waals surface area contributed by atoms with Crippen LogP contribution in [0.15, 0.2) is 46.0 Å². The number of aromatic nitrogens is 2. The van der Waals surface area contributed by atoms with Crippen molar-refractivity contribution in [3.8, 4) is 0 Å². The molecule has 0 amide bonds. The Balaban J connectivity index is 1.80. The van der Waals surface area contributed by atoms with Crippen molar-refractivity contribution in [2.45, 2.75) is 12.8 Å². The zero-order valence-corrected chi connectivity index (χ0v) is 15.0. The standard InChI is InChI=1S/C20H12Cl2N2O2/c21-9-4-5-10-15(6-9)23-16-7-13-17(8-12(16)19(10)25)24-18-11(20(13)26)2-1-3-14(18)22/h1-6H,7-8H2,(H,23,25)(H,24,26). The Morgan fingerprint density at radius 2 is 1.50 bits per heavy atom. The number of nitrogens with one attached hydrogen (secondary N) is 2. The van der Waals surface area contributed by atoms with Crippen LogP contribution in [-0.4, -0.2) is 9.97 Å². The van der Waals surface area contributed by atoms with Gasteiger partial charge in [0, 0.05) is 51.2 Å². The van der Waals surface area contributed by atoms with E-state index in [0.717, 1.165) is 11.4 Å². The van der Waals surface area contributed by atoms with Gasteiger partial charge < -0.3 is 9.97 Å². The van der Waals surface area contributed by atoms with E-state index in [-0.39, 0.29) is 10.9 Å². The molecule has 26 heavy (non-hydrogen) atoms. The van der Waals surface area contributed by atoms with Gasteiger partial charge in [0.25, 0.3) is 0 Å². The second-order valence-corrected chi connectivity index (χ2v) is 7.37. The van der Waals surface area contributed by atoms with Crippen molar-refractivity contribution >= 4 is 45.0 Å². The van der Waals surface area contributed by atoms with Crippen molar-refractivity contribution in [1.82, 2.24) is 9.97 Å². The minimum Gasteiger partial charge on any atom is -0.358 e. The van der Waals surface area contributed by atoms with Crippen LogP contribution in [0.2, 0.25) is 10.0 Å². The topological polar surface area (TPSA) is 65.7 Å². The van der Waals surface area contributed by atoms with Crippen molar-refractivity contribution in [1.29, 1.82) is 0 Å². The summed E-state index contributed by atoms with van der Waals surface area (Å²) in [5.41, 5.74) is 4.09. The third kappa shape index (κ3) is 2.16. The van der Waals surface area contributed by atoms with Crippen molar-refractivity contribution in [3.05, 3.63) is 89.4 Å². The number of halogens is 2. The van der Waals surface area contributed by atoms with Crippen LogP contribution in [0.1, 0.15) is 22.5 Å². The molecule has 0 saturated carbocycles. The first-order chi connectivity index (χ1) is 12.5. The average Bonchev–Trinajstić information content (AvgIpc) is 2.62. The van der Waals surface area contributed by atoms with E-state index in [1.54, 1.807) is 36.4 Å². The number of pyridine rings is 2. The van der Waals surface area contributed by atoms with E-state index < -0.39 is 0 Å². The Bertz CT molecular complexity index is 1350. The summed E-state index contributed by atoms with van der Waals surface area (Å²) < 4.78 is 0. The molecule has 4 nitrogen and oxygen atoms in total. The van der Waals surface area contributed by atoms with Gasteiger partial charge in [-0.25, -0.2) is 0 Å². The number of para-hydroxylation sites is 1. The van der Waals surface area contributed by atoms with Gasteiger partial charge in [0.2, 0.25) is 0 Å². The summed E-state index contributed by atoms with van der Waals surface area (Å²) in [6, 6.07) is 10.4. The van der Waals surface area contributed by atoms with Crippen LogP contribution in [0.25, 0.3) is 21.8 Å². The zero-order chi connectivity index (χ0) is 18.0. The Morgan fingerprint density at radius 1 is 0.808 bits per heavy atom. The van der Waals surface area contributed by atoms with E-state index in [0.29, 0.717) is 55.8 Å². The van der Waals surface area contributed by atoms with Crippen LogP contribution in [0.3, 0.4) is 0 Å². The van der Waals surface area contributed by atoms with Crippen LogP contribution in [0.4, 0.5) is 0 Å². The largest absolute Gasteiger partial charge is 0.358 e. The summed E-state index contributed by atoms with van der Waals surface area (Å²) in [4.78, 5) is 32.4. The van der Waals surface area contributed by atoms with E-state index in [1.807, 2.05) is 0 Å². The highest BCUT2D eigenvalue weighted by Gasteiger charge is 2.24. The molecule has 5 rings (SSSR count). The zero-order valence-electron chi connectivity index (χ0n) is 13.5. The molecule has 2 aromatic carbocycles. The van der Waals surface area contributed by atoms with Gasteiger partial charge in [-0.2, -0.15) is 0 Å². The number of hydrogen-bond donors (Lipinski definition) is 2. The maximum Gasteiger partial charge on any atom is 0.193 e. The lowest BCUT2D eigenvalue weighted by atomic mass is 9.90. The molecule has 0 unspecified atom stereocenters. The monoisotopic (exact) mass is 382 g/mol. The second kappa shape index (κ2) is 5.47. The van der Waals surface area contributed by atoms with Crippen molar-refractivity contribution in [2.24, 2.45) is 0 Å². The van der Waals surface area contributed by atoms with Crippen LogP contribution in [-0.2, 0) is 12.8 Å². The van der Waals surface area contributed by atoms with Gasteiger partial charge in [-0.15, -0.1) is 0 Å². The Labute approximate surface area is 157 Å². The van der Waals surface area contributed by atoms with Crippen LogP contribution >= 0.6 is 23.2 Å². The summed E-state index contributed by atoms with van der Waals surface area (Å²) in [5, 5.41) is 2.21. The fourth-order valence-electron chi connectivity index (χ4n) is 3.75. The maximum atomic E-state index is 12.9. The highest BCUT2D eigenvalue weighted by Crippen LogP contribution is 2.27. The number of fused-ring (bicyclic) bond motifs is 4. The van der Waals surface area contributed by atoms with Gasteiger partial charge in [0.05, 0.1) is 16.1 Å². The normalized spacial score (nSPS) is 13.0. The summed E-state index contributed by atoms with van der Waals surface area (Å²) in [7, 11) is 0. The molecule has 4 aromatic rings. The second-order valence-electron chi connectivity index (χ2n) is 6.53. The maximum absolute atomic E-state index is 12.9. The third-order valence-electron chi connectivity index (χ3n) is 5.03. The molecule has 2 N–H and O–H groups in total. The molecule has 0 spiro atoms. The smallest absolute Gasteiger partial charge is 0.193 e. The molecule has 0 atom stereocenters. The van der Waals surface area contributed by atoms with Gasteiger partial charge in [-0.3, -0.25) is 9.59 Å². The van der Waals surface area contributed by atoms with E-state index in [1.165, 1.54) is 0 Å². The predicted molar refractivity (Wildman–Crippen MR) is 105 cm³/mol. The average molecular weight is 383 g/mol. The van der Waals surface area contributed by atoms with E-state index in [2.05, 4.69) is 9.97 Å². The minimum absolute atomic E-state index is 0.0313. The Kier molecular flexibility index (Phi) is 3.30. The SMILES string of the molecule is O=c1c2c([nH]c3cc(Cl)ccc13)Cc1c([nH]c3c(Cl)cccc3c1=O)C2. The van der Waals surface area contributed by atoms with Crippen LogP contribution in [0, 0.1) is 0 Å². The molecule has 1 aliphatic carbocycles. The van der Waals surface area contributed by atoms with Gasteiger partial charge in [-0.1, -0.05) is 29.3 Å². The number of benzene rings is 2. The van der Waals surface area contributed by atoms with Crippen LogP contribution in [0.5, 0.6) is 0 Å². The molecular weight excluding hydrogens is 371 g/mol. The molecule has 0 fully saturated rings. The number of rotatable bonds is 0.